The van der Waals surface area contributed by atoms with Crippen molar-refractivity contribution in [2.45, 2.75) is 0 Å². The predicted octanol–water partition coefficient (Wildman–Crippen LogP) is 36.1. The SMILES string of the molecule is Brc1cc2c3ccccc3n(-c3ccc(-c4ccccc4)cc3)c2c2sc3ccccc3c12.Brc1cc2c3ccccc3n(-c3cccc(-c4ccccc4)c3)c2c2sc3ccccc3c12.Brc1cc2c3ccccc3n(-c3cccc4ccccc34)c2c2sc3ccccc3c12.Brc1cc2c3ccccc3n(-c3ccccc3)c2c2sc3ccccc3c12. The van der Waals surface area contributed by atoms with Crippen molar-refractivity contribution in [3.8, 4) is 45.0 Å². The number of nitrogens with zero attached hydrogens (tertiary/aromatic N) is 4. The molecular weight excluding hydrogens is 1850 g/mol. The van der Waals surface area contributed by atoms with Gasteiger partial charge in [0.25, 0.3) is 0 Å². The van der Waals surface area contributed by atoms with Gasteiger partial charge < -0.3 is 18.3 Å². The zero-order valence-corrected chi connectivity index (χ0v) is 75.6. The van der Waals surface area contributed by atoms with Crippen LogP contribution in [0, 0.1) is 0 Å². The molecule has 8 heterocycles. The number of para-hydroxylation sites is 5. The van der Waals surface area contributed by atoms with Gasteiger partial charge in [-0.3, -0.25) is 0 Å². The van der Waals surface area contributed by atoms with Crippen molar-refractivity contribution in [1.82, 2.24) is 18.3 Å². The molecule has 0 radical (unpaired) electrons. The van der Waals surface area contributed by atoms with Gasteiger partial charge in [-0.15, -0.1) is 45.3 Å². The molecule has 0 N–H and O–H groups in total. The molecule has 0 atom stereocenters. The molecule has 0 saturated carbocycles. The van der Waals surface area contributed by atoms with Crippen LogP contribution in [0.25, 0.3) is 224 Å². The van der Waals surface area contributed by atoms with Gasteiger partial charge >= 0.3 is 0 Å². The molecule has 0 saturated heterocycles. The first-order chi connectivity index (χ1) is 61.2. The topological polar surface area (TPSA) is 19.7 Å². The number of fused-ring (bicyclic) bond motifs is 29. The van der Waals surface area contributed by atoms with E-state index in [1.807, 2.05) is 45.3 Å². The molecule has 0 bridgehead atoms. The van der Waals surface area contributed by atoms with Crippen molar-refractivity contribution >= 4 is 288 Å². The van der Waals surface area contributed by atoms with Gasteiger partial charge in [0.2, 0.25) is 0 Å². The van der Waals surface area contributed by atoms with E-state index in [2.05, 4.69) is 482 Å². The molecule has 0 fully saturated rings. The van der Waals surface area contributed by atoms with Gasteiger partial charge in [-0.25, -0.2) is 0 Å². The largest absolute Gasteiger partial charge is 0.308 e. The Labute approximate surface area is 761 Å². The Hall–Kier alpha value is -12.6. The maximum absolute atomic E-state index is 3.91. The van der Waals surface area contributed by atoms with Crippen LogP contribution in [-0.2, 0) is 0 Å². The second-order valence-electron chi connectivity index (χ2n) is 31.3. The highest BCUT2D eigenvalue weighted by molar-refractivity contribution is 9.11. The van der Waals surface area contributed by atoms with Crippen molar-refractivity contribution in [3.63, 3.8) is 0 Å². The highest BCUT2D eigenvalue weighted by Gasteiger charge is 2.26. The second kappa shape index (κ2) is 30.7. The summed E-state index contributed by atoms with van der Waals surface area (Å²) in [4.78, 5) is 0. The van der Waals surface area contributed by atoms with E-state index in [1.54, 1.807) is 0 Å². The van der Waals surface area contributed by atoms with E-state index < -0.39 is 0 Å². The van der Waals surface area contributed by atoms with Crippen LogP contribution in [-0.4, -0.2) is 18.3 Å². The summed E-state index contributed by atoms with van der Waals surface area (Å²) in [5, 5.41) is 23.2. The monoisotopic (exact) mass is 1910 g/mol. The maximum atomic E-state index is 3.91. The van der Waals surface area contributed by atoms with E-state index in [-0.39, 0.29) is 0 Å². The van der Waals surface area contributed by atoms with Crippen molar-refractivity contribution in [2.75, 3.05) is 0 Å². The summed E-state index contributed by atoms with van der Waals surface area (Å²) in [6.07, 6.45) is 0. The molecule has 0 spiro atoms. The molecule has 0 amide bonds. The molecule has 0 aliphatic rings. The lowest BCUT2D eigenvalue weighted by molar-refractivity contribution is 1.19. The minimum Gasteiger partial charge on any atom is -0.308 e. The fourth-order valence-electron chi connectivity index (χ4n) is 19.1. The Balaban J connectivity index is 0.0000000932. The minimum absolute atomic E-state index is 1.16. The lowest BCUT2D eigenvalue weighted by atomic mass is 10.1. The molecule has 0 aliphatic heterocycles. The number of rotatable bonds is 6. The highest BCUT2D eigenvalue weighted by Crippen LogP contribution is 2.52. The summed E-state index contributed by atoms with van der Waals surface area (Å²) in [5.41, 5.74) is 19.8. The molecular formula is C112H66Br4N4S4. The van der Waals surface area contributed by atoms with Gasteiger partial charge in [-0.05, 0) is 143 Å². The van der Waals surface area contributed by atoms with E-state index >= 15 is 0 Å². The van der Waals surface area contributed by atoms with Crippen LogP contribution in [0.2, 0.25) is 0 Å². The molecule has 0 aliphatic carbocycles. The standard InChI is InChI=1S/2C30H18BrNS.C28H16BrNS.C24H14BrNS/c31-25-18-24-22-13-4-6-15-26(22)32(21-12-8-11-20(17-21)19-9-2-1-3-10-19)29(24)30-28(25)23-14-5-7-16-27(23)33-30;31-25-18-24-22-10-4-6-12-26(22)32(21-16-14-20(15-17-21)19-8-2-1-3-9-19)29(24)30-28(25)23-11-5-7-13-27(23)33-30;29-22-16-21-19-11-3-5-13-24(19)30(23-14-7-9-17-8-1-2-10-18(17)23)27(21)28-26(22)20-12-4-6-15-25(20)31-28;25-19-14-18-16-10-4-6-12-20(16)26(15-8-2-1-3-9-15)23(18)24-22(19)17-11-5-7-13-21(17)27-24/h2*1-18H;1-16H;1-14H. The molecule has 8 aromatic heterocycles. The van der Waals surface area contributed by atoms with Crippen molar-refractivity contribution in [1.29, 1.82) is 0 Å². The Morgan fingerprint density at radius 1 is 0.177 bits per heavy atom. The van der Waals surface area contributed by atoms with Crippen LogP contribution in [0.5, 0.6) is 0 Å². The first kappa shape index (κ1) is 75.2. The third-order valence-electron chi connectivity index (χ3n) is 24.4. The van der Waals surface area contributed by atoms with E-state index in [0.717, 1.165) is 13.4 Å². The molecule has 19 aromatic carbocycles. The molecule has 27 aromatic rings. The van der Waals surface area contributed by atoms with Gasteiger partial charge in [0.1, 0.15) is 0 Å². The zero-order valence-electron chi connectivity index (χ0n) is 66.0. The van der Waals surface area contributed by atoms with Gasteiger partial charge in [0, 0.05) is 145 Å². The zero-order chi connectivity index (χ0) is 82.4. The van der Waals surface area contributed by atoms with Gasteiger partial charge in [-0.2, -0.15) is 0 Å². The number of thiophene rings is 4. The predicted molar refractivity (Wildman–Crippen MR) is 554 cm³/mol. The minimum atomic E-state index is 1.16. The number of hydrogen-bond donors (Lipinski definition) is 0. The van der Waals surface area contributed by atoms with E-state index in [9.17, 15) is 0 Å². The fourth-order valence-corrected chi connectivity index (χ4v) is 27.2. The van der Waals surface area contributed by atoms with Crippen LogP contribution in [0.4, 0.5) is 0 Å². The maximum Gasteiger partial charge on any atom is 0.0720 e. The van der Waals surface area contributed by atoms with E-state index in [0.29, 0.717) is 0 Å². The Kier molecular flexibility index (Phi) is 18.6. The summed E-state index contributed by atoms with van der Waals surface area (Å²) < 4.78 is 25.0. The molecule has 27 rings (SSSR count). The second-order valence-corrected chi connectivity index (χ2v) is 38.9. The third-order valence-corrected chi connectivity index (χ3v) is 31.6. The molecule has 0 unspecified atom stereocenters. The smallest absolute Gasteiger partial charge is 0.0720 e. The normalized spacial score (nSPS) is 11.9. The first-order valence-corrected chi connectivity index (χ1v) is 47.6. The van der Waals surface area contributed by atoms with Gasteiger partial charge in [-0.1, -0.05) is 349 Å². The number of halogens is 4. The number of hydrogen-bond acceptors (Lipinski definition) is 4. The average molecular weight is 1920 g/mol. The van der Waals surface area contributed by atoms with Crippen LogP contribution < -0.4 is 0 Å². The summed E-state index contributed by atoms with van der Waals surface area (Å²) in [6.45, 7) is 0. The molecule has 124 heavy (non-hydrogen) atoms. The molecule has 586 valence electrons. The fraction of sp³-hybridized carbons (Fsp3) is 0. The van der Waals surface area contributed by atoms with Crippen LogP contribution in [0.1, 0.15) is 0 Å². The lowest BCUT2D eigenvalue weighted by Crippen LogP contribution is -1.95. The van der Waals surface area contributed by atoms with Crippen molar-refractivity contribution < 1.29 is 0 Å². The van der Waals surface area contributed by atoms with Crippen LogP contribution >= 0.6 is 109 Å². The summed E-state index contributed by atoms with van der Waals surface area (Å²) in [5.74, 6) is 0. The summed E-state index contributed by atoms with van der Waals surface area (Å²) in [6, 6.07) is 144. The van der Waals surface area contributed by atoms with Crippen LogP contribution in [0.3, 0.4) is 0 Å². The van der Waals surface area contributed by atoms with Gasteiger partial charge in [0.05, 0.1) is 68.6 Å². The van der Waals surface area contributed by atoms with Crippen molar-refractivity contribution in [2.24, 2.45) is 0 Å². The Morgan fingerprint density at radius 2 is 0.444 bits per heavy atom. The van der Waals surface area contributed by atoms with E-state index in [4.69, 9.17) is 0 Å². The highest BCUT2D eigenvalue weighted by atomic mass is 79.9. The Morgan fingerprint density at radius 3 is 0.847 bits per heavy atom. The van der Waals surface area contributed by atoms with Crippen molar-refractivity contribution in [3.05, 3.63) is 418 Å². The molecule has 4 nitrogen and oxygen atoms in total. The van der Waals surface area contributed by atoms with E-state index in [1.165, 1.54) is 228 Å². The quantitative estimate of drug-likeness (QED) is 0.158. The summed E-state index contributed by atoms with van der Waals surface area (Å²) in [7, 11) is 0. The average Bonchev–Trinajstić information content (AvgIpc) is 1.58. The van der Waals surface area contributed by atoms with Gasteiger partial charge in [0.15, 0.2) is 0 Å². The first-order valence-electron chi connectivity index (χ1n) is 41.2. The number of benzene rings is 19. The Bertz CT molecular complexity index is 8990. The number of aromatic nitrogens is 4. The summed E-state index contributed by atoms with van der Waals surface area (Å²) >= 11 is 23.1. The van der Waals surface area contributed by atoms with Crippen LogP contribution in [0.15, 0.2) is 418 Å². The lowest BCUT2D eigenvalue weighted by Gasteiger charge is -2.12. The molecule has 12 heteroatoms. The third kappa shape index (κ3) is 12.2.